The molecule has 15 heavy (non-hydrogen) atoms. The molecule has 0 fully saturated rings. The first-order valence-corrected chi connectivity index (χ1v) is 5.67. The molecule has 0 heterocycles. The topological polar surface area (TPSA) is 44.5 Å². The standard InChI is InChI=1S/C11H16BrNO2/c1-14-6-7-15-10-2-3-11(12)9(8-10)4-5-13/h2-3,8H,4-7,13H2,1H3. The van der Waals surface area contributed by atoms with Crippen LogP contribution in [0.3, 0.4) is 0 Å². The monoisotopic (exact) mass is 273 g/mol. The summed E-state index contributed by atoms with van der Waals surface area (Å²) in [5.41, 5.74) is 6.69. The Hall–Kier alpha value is -0.580. The van der Waals surface area contributed by atoms with Gasteiger partial charge >= 0.3 is 0 Å². The Labute approximate surface area is 98.7 Å². The van der Waals surface area contributed by atoms with Gasteiger partial charge in [0.2, 0.25) is 0 Å². The Balaban J connectivity index is 2.61. The summed E-state index contributed by atoms with van der Waals surface area (Å²) in [6.45, 7) is 1.81. The zero-order valence-electron chi connectivity index (χ0n) is 8.83. The summed E-state index contributed by atoms with van der Waals surface area (Å²) in [5, 5.41) is 0. The molecule has 0 saturated heterocycles. The zero-order chi connectivity index (χ0) is 11.1. The molecule has 0 amide bonds. The smallest absolute Gasteiger partial charge is 0.119 e. The van der Waals surface area contributed by atoms with E-state index >= 15 is 0 Å². The molecule has 1 aromatic carbocycles. The first-order chi connectivity index (χ1) is 7.27. The third kappa shape index (κ3) is 4.20. The molecule has 1 rings (SSSR count). The highest BCUT2D eigenvalue weighted by Crippen LogP contribution is 2.22. The third-order valence-corrected chi connectivity index (χ3v) is 2.76. The lowest BCUT2D eigenvalue weighted by Gasteiger charge is -2.08. The molecule has 0 atom stereocenters. The highest BCUT2D eigenvalue weighted by molar-refractivity contribution is 9.10. The van der Waals surface area contributed by atoms with Crippen molar-refractivity contribution in [3.05, 3.63) is 28.2 Å². The molecule has 0 radical (unpaired) electrons. The van der Waals surface area contributed by atoms with E-state index < -0.39 is 0 Å². The normalized spacial score (nSPS) is 10.3. The third-order valence-electron chi connectivity index (χ3n) is 1.99. The minimum Gasteiger partial charge on any atom is -0.491 e. The zero-order valence-corrected chi connectivity index (χ0v) is 10.4. The van der Waals surface area contributed by atoms with Crippen LogP contribution >= 0.6 is 15.9 Å². The fourth-order valence-corrected chi connectivity index (χ4v) is 1.68. The predicted molar refractivity (Wildman–Crippen MR) is 64.3 cm³/mol. The van der Waals surface area contributed by atoms with E-state index in [1.54, 1.807) is 7.11 Å². The number of methoxy groups -OCH3 is 1. The van der Waals surface area contributed by atoms with Gasteiger partial charge in [0.1, 0.15) is 12.4 Å². The molecule has 1 aromatic rings. The second kappa shape index (κ2) is 6.82. The average molecular weight is 274 g/mol. The van der Waals surface area contributed by atoms with Crippen LogP contribution in [0.4, 0.5) is 0 Å². The molecule has 0 spiro atoms. The lowest BCUT2D eigenvalue weighted by molar-refractivity contribution is 0.146. The van der Waals surface area contributed by atoms with Crippen molar-refractivity contribution in [2.75, 3.05) is 26.9 Å². The molecule has 2 N–H and O–H groups in total. The van der Waals surface area contributed by atoms with E-state index in [2.05, 4.69) is 15.9 Å². The van der Waals surface area contributed by atoms with Gasteiger partial charge < -0.3 is 15.2 Å². The van der Waals surface area contributed by atoms with E-state index in [1.165, 1.54) is 5.56 Å². The van der Waals surface area contributed by atoms with Crippen LogP contribution in [0.2, 0.25) is 0 Å². The second-order valence-corrected chi connectivity index (χ2v) is 3.99. The van der Waals surface area contributed by atoms with E-state index in [1.807, 2.05) is 18.2 Å². The van der Waals surface area contributed by atoms with E-state index in [4.69, 9.17) is 15.2 Å². The number of halogens is 1. The first-order valence-electron chi connectivity index (χ1n) is 4.88. The Morgan fingerprint density at radius 1 is 1.33 bits per heavy atom. The highest BCUT2D eigenvalue weighted by atomic mass is 79.9. The summed E-state index contributed by atoms with van der Waals surface area (Å²) in [7, 11) is 1.66. The lowest BCUT2D eigenvalue weighted by atomic mass is 10.1. The van der Waals surface area contributed by atoms with Crippen LogP contribution in [-0.2, 0) is 11.2 Å². The molecule has 3 nitrogen and oxygen atoms in total. The molecular formula is C11H16BrNO2. The van der Waals surface area contributed by atoms with Gasteiger partial charge in [0, 0.05) is 11.6 Å². The summed E-state index contributed by atoms with van der Waals surface area (Å²) in [4.78, 5) is 0. The number of nitrogens with two attached hydrogens (primary N) is 1. The predicted octanol–water partition coefficient (Wildman–Crippen LogP) is 1.98. The number of benzene rings is 1. The van der Waals surface area contributed by atoms with Gasteiger partial charge in [0.15, 0.2) is 0 Å². The molecular weight excluding hydrogens is 258 g/mol. The van der Waals surface area contributed by atoms with Crippen LogP contribution in [-0.4, -0.2) is 26.9 Å². The fourth-order valence-electron chi connectivity index (χ4n) is 1.23. The van der Waals surface area contributed by atoms with Crippen molar-refractivity contribution in [3.8, 4) is 5.75 Å². The minimum atomic E-state index is 0.570. The van der Waals surface area contributed by atoms with Gasteiger partial charge in [-0.1, -0.05) is 15.9 Å². The Morgan fingerprint density at radius 3 is 2.80 bits per heavy atom. The number of hydrogen-bond acceptors (Lipinski definition) is 3. The van der Waals surface area contributed by atoms with Crippen molar-refractivity contribution in [2.24, 2.45) is 5.73 Å². The van der Waals surface area contributed by atoms with Gasteiger partial charge in [-0.15, -0.1) is 0 Å². The molecule has 84 valence electrons. The minimum absolute atomic E-state index is 0.570. The Bertz CT molecular complexity index is 305. The van der Waals surface area contributed by atoms with E-state index in [-0.39, 0.29) is 0 Å². The molecule has 4 heteroatoms. The van der Waals surface area contributed by atoms with Crippen LogP contribution in [0.5, 0.6) is 5.75 Å². The van der Waals surface area contributed by atoms with Crippen LogP contribution in [0.25, 0.3) is 0 Å². The molecule has 0 aliphatic heterocycles. The molecule has 0 bridgehead atoms. The van der Waals surface area contributed by atoms with Gasteiger partial charge in [-0.25, -0.2) is 0 Å². The van der Waals surface area contributed by atoms with E-state index in [9.17, 15) is 0 Å². The van der Waals surface area contributed by atoms with Crippen molar-refractivity contribution >= 4 is 15.9 Å². The van der Waals surface area contributed by atoms with Crippen molar-refractivity contribution in [1.29, 1.82) is 0 Å². The number of ether oxygens (including phenoxy) is 2. The van der Waals surface area contributed by atoms with Gasteiger partial charge in [-0.2, -0.15) is 0 Å². The Kier molecular flexibility index (Phi) is 5.68. The summed E-state index contributed by atoms with van der Waals surface area (Å²) in [6.07, 6.45) is 0.849. The number of rotatable bonds is 6. The lowest BCUT2D eigenvalue weighted by Crippen LogP contribution is -2.06. The first kappa shape index (κ1) is 12.5. The number of hydrogen-bond donors (Lipinski definition) is 1. The van der Waals surface area contributed by atoms with Crippen LogP contribution < -0.4 is 10.5 Å². The molecule has 0 aliphatic carbocycles. The molecule has 0 aliphatic rings. The molecule has 0 aromatic heterocycles. The van der Waals surface area contributed by atoms with Crippen molar-refractivity contribution in [1.82, 2.24) is 0 Å². The maximum Gasteiger partial charge on any atom is 0.119 e. The SMILES string of the molecule is COCCOc1ccc(Br)c(CCN)c1. The van der Waals surface area contributed by atoms with Crippen LogP contribution in [0.15, 0.2) is 22.7 Å². The van der Waals surface area contributed by atoms with Crippen molar-refractivity contribution < 1.29 is 9.47 Å². The van der Waals surface area contributed by atoms with Crippen LogP contribution in [0, 0.1) is 0 Å². The maximum atomic E-state index is 5.52. The van der Waals surface area contributed by atoms with Crippen molar-refractivity contribution in [3.63, 3.8) is 0 Å². The average Bonchev–Trinajstić information content (AvgIpc) is 2.23. The summed E-state index contributed by atoms with van der Waals surface area (Å²) < 4.78 is 11.5. The second-order valence-electron chi connectivity index (χ2n) is 3.13. The van der Waals surface area contributed by atoms with Gasteiger partial charge in [0.25, 0.3) is 0 Å². The summed E-state index contributed by atoms with van der Waals surface area (Å²) >= 11 is 3.48. The molecule has 0 unspecified atom stereocenters. The van der Waals surface area contributed by atoms with Gasteiger partial charge in [0.05, 0.1) is 6.61 Å². The Morgan fingerprint density at radius 2 is 2.13 bits per heavy atom. The largest absolute Gasteiger partial charge is 0.491 e. The summed E-state index contributed by atoms with van der Waals surface area (Å²) in [6, 6.07) is 5.92. The van der Waals surface area contributed by atoms with E-state index in [0.717, 1.165) is 16.6 Å². The van der Waals surface area contributed by atoms with Gasteiger partial charge in [-0.3, -0.25) is 0 Å². The van der Waals surface area contributed by atoms with Gasteiger partial charge in [-0.05, 0) is 36.7 Å². The van der Waals surface area contributed by atoms with Crippen LogP contribution in [0.1, 0.15) is 5.56 Å². The van der Waals surface area contributed by atoms with E-state index in [0.29, 0.717) is 19.8 Å². The fraction of sp³-hybridized carbons (Fsp3) is 0.455. The highest BCUT2D eigenvalue weighted by Gasteiger charge is 2.01. The maximum absolute atomic E-state index is 5.52. The van der Waals surface area contributed by atoms with Crippen molar-refractivity contribution in [2.45, 2.75) is 6.42 Å². The summed E-state index contributed by atoms with van der Waals surface area (Å²) in [5.74, 6) is 0.860. The quantitative estimate of drug-likeness (QED) is 0.807. The molecule has 0 saturated carbocycles.